The van der Waals surface area contributed by atoms with Crippen LogP contribution in [0.25, 0.3) is 0 Å². The summed E-state index contributed by atoms with van der Waals surface area (Å²) in [6.45, 7) is 3.19. The fourth-order valence-electron chi connectivity index (χ4n) is 1.64. The van der Waals surface area contributed by atoms with Gasteiger partial charge in [0.25, 0.3) is 0 Å². The van der Waals surface area contributed by atoms with E-state index in [-0.39, 0.29) is 11.5 Å². The first-order chi connectivity index (χ1) is 7.31. The second-order valence-electron chi connectivity index (χ2n) is 3.37. The van der Waals surface area contributed by atoms with Crippen LogP contribution in [0.4, 0.5) is 10.1 Å². The Morgan fingerprint density at radius 1 is 1.47 bits per heavy atom. The molecule has 0 bridgehead atoms. The molecule has 0 aromatic carbocycles. The Bertz CT molecular complexity index is 393. The molecule has 15 heavy (non-hydrogen) atoms. The molecule has 1 saturated heterocycles. The van der Waals surface area contributed by atoms with Crippen LogP contribution >= 0.6 is 0 Å². The zero-order chi connectivity index (χ0) is 10.7. The lowest BCUT2D eigenvalue weighted by Crippen LogP contribution is -2.43. The van der Waals surface area contributed by atoms with Crippen molar-refractivity contribution in [3.63, 3.8) is 0 Å². The highest BCUT2D eigenvalue weighted by atomic mass is 19.1. The summed E-state index contributed by atoms with van der Waals surface area (Å²) in [5, 5.41) is 11.9. The van der Waals surface area contributed by atoms with E-state index in [1.54, 1.807) is 0 Å². The standard InChI is InChI=1S/C10H11FN4/c11-9-7-14-8(6-12)5-10(9)15-3-1-13-2-4-15/h5,7,13H,1-4H2. The average molecular weight is 206 g/mol. The van der Waals surface area contributed by atoms with Crippen LogP contribution in [-0.4, -0.2) is 31.2 Å². The predicted octanol–water partition coefficient (Wildman–Crippen LogP) is 0.502. The highest BCUT2D eigenvalue weighted by Crippen LogP contribution is 2.19. The van der Waals surface area contributed by atoms with E-state index in [0.29, 0.717) is 5.69 Å². The van der Waals surface area contributed by atoms with Crippen molar-refractivity contribution in [2.75, 3.05) is 31.1 Å². The van der Waals surface area contributed by atoms with Gasteiger partial charge in [0.2, 0.25) is 0 Å². The minimum atomic E-state index is -0.365. The molecule has 5 heteroatoms. The van der Waals surface area contributed by atoms with E-state index in [1.807, 2.05) is 11.0 Å². The van der Waals surface area contributed by atoms with Crippen LogP contribution in [0.2, 0.25) is 0 Å². The number of nitrogens with one attached hydrogen (secondary N) is 1. The fourth-order valence-corrected chi connectivity index (χ4v) is 1.64. The number of aromatic nitrogens is 1. The van der Waals surface area contributed by atoms with E-state index in [4.69, 9.17) is 5.26 Å². The number of nitriles is 1. The maximum absolute atomic E-state index is 13.5. The molecule has 4 nitrogen and oxygen atoms in total. The lowest BCUT2D eigenvalue weighted by Gasteiger charge is -2.29. The van der Waals surface area contributed by atoms with Crippen molar-refractivity contribution in [2.45, 2.75) is 0 Å². The molecule has 1 fully saturated rings. The summed E-state index contributed by atoms with van der Waals surface area (Å²) in [4.78, 5) is 5.60. The van der Waals surface area contributed by atoms with Crippen molar-refractivity contribution in [1.29, 1.82) is 5.26 Å². The molecular weight excluding hydrogens is 195 g/mol. The molecule has 78 valence electrons. The van der Waals surface area contributed by atoms with Crippen molar-refractivity contribution in [1.82, 2.24) is 10.3 Å². The molecule has 0 amide bonds. The molecule has 1 aromatic rings. The summed E-state index contributed by atoms with van der Waals surface area (Å²) in [7, 11) is 0. The molecule has 0 atom stereocenters. The van der Waals surface area contributed by atoms with Gasteiger partial charge in [-0.25, -0.2) is 9.37 Å². The fraction of sp³-hybridized carbons (Fsp3) is 0.400. The number of pyridine rings is 1. The smallest absolute Gasteiger partial charge is 0.164 e. The minimum Gasteiger partial charge on any atom is -0.366 e. The van der Waals surface area contributed by atoms with Crippen LogP contribution in [0.1, 0.15) is 5.69 Å². The summed E-state index contributed by atoms with van der Waals surface area (Å²) in [5.41, 5.74) is 0.730. The molecule has 0 spiro atoms. The Hall–Kier alpha value is -1.67. The van der Waals surface area contributed by atoms with Crippen LogP contribution < -0.4 is 10.2 Å². The summed E-state index contributed by atoms with van der Waals surface area (Å²) in [6, 6.07) is 3.41. The summed E-state index contributed by atoms with van der Waals surface area (Å²) in [5.74, 6) is -0.365. The lowest BCUT2D eigenvalue weighted by molar-refractivity contribution is 0.564. The van der Waals surface area contributed by atoms with Gasteiger partial charge in [-0.15, -0.1) is 0 Å². The van der Waals surface area contributed by atoms with Crippen LogP contribution in [0.15, 0.2) is 12.3 Å². The Morgan fingerprint density at radius 3 is 2.87 bits per heavy atom. The van der Waals surface area contributed by atoms with Crippen molar-refractivity contribution in [3.8, 4) is 6.07 Å². The maximum atomic E-state index is 13.5. The van der Waals surface area contributed by atoms with E-state index in [1.165, 1.54) is 6.07 Å². The van der Waals surface area contributed by atoms with Crippen LogP contribution in [0, 0.1) is 17.1 Å². The topological polar surface area (TPSA) is 52.0 Å². The average Bonchev–Trinajstić information content (AvgIpc) is 2.31. The molecule has 0 saturated carbocycles. The Balaban J connectivity index is 2.29. The number of hydrogen-bond donors (Lipinski definition) is 1. The first-order valence-corrected chi connectivity index (χ1v) is 4.82. The molecule has 0 radical (unpaired) electrons. The monoisotopic (exact) mass is 206 g/mol. The molecule has 1 aliphatic rings. The molecule has 0 unspecified atom stereocenters. The van der Waals surface area contributed by atoms with Gasteiger partial charge in [-0.2, -0.15) is 5.26 Å². The Morgan fingerprint density at radius 2 is 2.20 bits per heavy atom. The summed E-state index contributed by atoms with van der Waals surface area (Å²) in [6.07, 6.45) is 1.11. The number of hydrogen-bond acceptors (Lipinski definition) is 4. The van der Waals surface area contributed by atoms with E-state index in [2.05, 4.69) is 10.3 Å². The summed E-state index contributed by atoms with van der Waals surface area (Å²) < 4.78 is 13.5. The first-order valence-electron chi connectivity index (χ1n) is 4.82. The molecule has 0 aliphatic carbocycles. The zero-order valence-electron chi connectivity index (χ0n) is 8.20. The Kier molecular flexibility index (Phi) is 2.79. The lowest BCUT2D eigenvalue weighted by atomic mass is 10.2. The number of nitrogens with zero attached hydrogens (tertiary/aromatic N) is 3. The van der Waals surface area contributed by atoms with Gasteiger partial charge >= 0.3 is 0 Å². The molecule has 2 rings (SSSR count). The summed E-state index contributed by atoms with van der Waals surface area (Å²) >= 11 is 0. The van der Waals surface area contributed by atoms with Crippen LogP contribution in [0.3, 0.4) is 0 Å². The van der Waals surface area contributed by atoms with Crippen molar-refractivity contribution in [3.05, 3.63) is 23.8 Å². The number of piperazine rings is 1. The third-order valence-corrected chi connectivity index (χ3v) is 2.41. The molecule has 1 aromatic heterocycles. The van der Waals surface area contributed by atoms with Gasteiger partial charge in [-0.3, -0.25) is 0 Å². The first kappa shape index (κ1) is 9.87. The van der Waals surface area contributed by atoms with Gasteiger partial charge in [0.1, 0.15) is 11.8 Å². The molecular formula is C10H11FN4. The highest BCUT2D eigenvalue weighted by molar-refractivity contribution is 5.50. The van der Waals surface area contributed by atoms with E-state index < -0.39 is 0 Å². The van der Waals surface area contributed by atoms with Gasteiger partial charge in [-0.05, 0) is 0 Å². The van der Waals surface area contributed by atoms with Gasteiger partial charge in [-0.1, -0.05) is 0 Å². The third kappa shape index (κ3) is 2.05. The molecule has 1 aliphatic heterocycles. The number of rotatable bonds is 1. The number of halogens is 1. The largest absolute Gasteiger partial charge is 0.366 e. The van der Waals surface area contributed by atoms with Gasteiger partial charge in [0.15, 0.2) is 5.82 Å². The van der Waals surface area contributed by atoms with Crippen LogP contribution in [0.5, 0.6) is 0 Å². The minimum absolute atomic E-state index is 0.255. The molecule has 2 heterocycles. The SMILES string of the molecule is N#Cc1cc(N2CCNCC2)c(F)cn1. The zero-order valence-corrected chi connectivity index (χ0v) is 8.20. The van der Waals surface area contributed by atoms with Crippen molar-refractivity contribution < 1.29 is 4.39 Å². The number of anilines is 1. The van der Waals surface area contributed by atoms with Gasteiger partial charge < -0.3 is 10.2 Å². The van der Waals surface area contributed by atoms with Crippen molar-refractivity contribution in [2.24, 2.45) is 0 Å². The van der Waals surface area contributed by atoms with Crippen molar-refractivity contribution >= 4 is 5.69 Å². The third-order valence-electron chi connectivity index (χ3n) is 2.41. The van der Waals surface area contributed by atoms with E-state index in [9.17, 15) is 4.39 Å². The van der Waals surface area contributed by atoms with Gasteiger partial charge in [0, 0.05) is 32.2 Å². The second kappa shape index (κ2) is 4.24. The predicted molar refractivity (Wildman–Crippen MR) is 54.0 cm³/mol. The molecule has 1 N–H and O–H groups in total. The van der Waals surface area contributed by atoms with E-state index in [0.717, 1.165) is 32.4 Å². The van der Waals surface area contributed by atoms with Gasteiger partial charge in [0.05, 0.1) is 11.9 Å². The van der Waals surface area contributed by atoms with E-state index >= 15 is 0 Å². The second-order valence-corrected chi connectivity index (χ2v) is 3.37. The Labute approximate surface area is 87.3 Å². The highest BCUT2D eigenvalue weighted by Gasteiger charge is 2.15. The normalized spacial score (nSPS) is 16.1. The maximum Gasteiger partial charge on any atom is 0.164 e. The van der Waals surface area contributed by atoms with Crippen LogP contribution in [-0.2, 0) is 0 Å². The quantitative estimate of drug-likeness (QED) is 0.727.